The molecule has 0 saturated carbocycles. The molecule has 132 valence electrons. The summed E-state index contributed by atoms with van der Waals surface area (Å²) in [6.45, 7) is 6.74. The number of nitrogens with zero attached hydrogens (tertiary/aromatic N) is 4. The standard InChI is InChI=1S/C19H23FN4O/c1-3-24-18-8-10-22(13(2)25)12-16(18)19(21-24)23-9-4-5-14-11-15(20)6-7-17(14)23/h6-7,11H,3-5,8-10,12H2,1-2H3. The highest BCUT2D eigenvalue weighted by molar-refractivity contribution is 5.75. The molecule has 1 aromatic heterocycles. The van der Waals surface area contributed by atoms with Crippen molar-refractivity contribution in [1.82, 2.24) is 14.7 Å². The molecule has 1 amide bonds. The SMILES string of the molecule is CCn1nc(N2CCCc3cc(F)ccc32)c2c1CCN(C(C)=O)C2. The van der Waals surface area contributed by atoms with Crippen LogP contribution in [0.25, 0.3) is 0 Å². The second-order valence-electron chi connectivity index (χ2n) is 6.78. The van der Waals surface area contributed by atoms with E-state index < -0.39 is 0 Å². The molecule has 6 heteroatoms. The third-order valence-electron chi connectivity index (χ3n) is 5.27. The fraction of sp³-hybridized carbons (Fsp3) is 0.474. The maximum Gasteiger partial charge on any atom is 0.219 e. The lowest BCUT2D eigenvalue weighted by atomic mass is 10.00. The molecule has 0 fully saturated rings. The predicted octanol–water partition coefficient (Wildman–Crippen LogP) is 3.03. The Balaban J connectivity index is 1.80. The minimum atomic E-state index is -0.190. The molecular formula is C19H23FN4O. The van der Waals surface area contributed by atoms with Gasteiger partial charge in [-0.25, -0.2) is 4.39 Å². The van der Waals surface area contributed by atoms with Gasteiger partial charge in [0.25, 0.3) is 0 Å². The molecule has 0 atom stereocenters. The van der Waals surface area contributed by atoms with Crippen molar-refractivity contribution < 1.29 is 9.18 Å². The van der Waals surface area contributed by atoms with Crippen molar-refractivity contribution in [1.29, 1.82) is 0 Å². The van der Waals surface area contributed by atoms with Crippen LogP contribution in [0.2, 0.25) is 0 Å². The number of carbonyl (C=O) groups is 1. The van der Waals surface area contributed by atoms with Crippen LogP contribution in [-0.4, -0.2) is 33.7 Å². The Hall–Kier alpha value is -2.37. The zero-order valence-corrected chi connectivity index (χ0v) is 14.8. The Morgan fingerprint density at radius 1 is 1.28 bits per heavy atom. The summed E-state index contributed by atoms with van der Waals surface area (Å²) in [6.07, 6.45) is 2.69. The van der Waals surface area contributed by atoms with Gasteiger partial charge in [-0.2, -0.15) is 5.10 Å². The highest BCUT2D eigenvalue weighted by atomic mass is 19.1. The van der Waals surface area contributed by atoms with E-state index in [2.05, 4.69) is 16.5 Å². The molecule has 3 heterocycles. The molecule has 0 spiro atoms. The van der Waals surface area contributed by atoms with Gasteiger partial charge in [0.05, 0.1) is 6.54 Å². The molecule has 5 nitrogen and oxygen atoms in total. The van der Waals surface area contributed by atoms with Gasteiger partial charge in [-0.15, -0.1) is 0 Å². The van der Waals surface area contributed by atoms with Crippen LogP contribution < -0.4 is 4.90 Å². The maximum absolute atomic E-state index is 13.6. The summed E-state index contributed by atoms with van der Waals surface area (Å²) >= 11 is 0. The summed E-state index contributed by atoms with van der Waals surface area (Å²) < 4.78 is 15.7. The van der Waals surface area contributed by atoms with Crippen LogP contribution in [0.3, 0.4) is 0 Å². The van der Waals surface area contributed by atoms with Gasteiger partial charge in [0.15, 0.2) is 5.82 Å². The molecule has 4 rings (SSSR count). The second kappa shape index (κ2) is 6.17. The molecule has 2 aliphatic rings. The number of rotatable bonds is 2. The summed E-state index contributed by atoms with van der Waals surface area (Å²) in [6, 6.07) is 5.00. The molecular weight excluding hydrogens is 319 g/mol. The van der Waals surface area contributed by atoms with Crippen molar-refractivity contribution in [3.63, 3.8) is 0 Å². The molecule has 0 bridgehead atoms. The van der Waals surface area contributed by atoms with Crippen LogP contribution in [0.4, 0.5) is 15.9 Å². The van der Waals surface area contributed by atoms with Gasteiger partial charge in [0.1, 0.15) is 5.82 Å². The van der Waals surface area contributed by atoms with Crippen LogP contribution in [-0.2, 0) is 30.7 Å². The second-order valence-corrected chi connectivity index (χ2v) is 6.78. The smallest absolute Gasteiger partial charge is 0.219 e. The van der Waals surface area contributed by atoms with Gasteiger partial charge in [-0.3, -0.25) is 9.48 Å². The normalized spacial score (nSPS) is 16.6. The summed E-state index contributed by atoms with van der Waals surface area (Å²) in [5, 5.41) is 4.86. The van der Waals surface area contributed by atoms with Crippen LogP contribution in [0, 0.1) is 5.82 Å². The lowest BCUT2D eigenvalue weighted by Crippen LogP contribution is -2.35. The Labute approximate surface area is 147 Å². The van der Waals surface area contributed by atoms with Crippen LogP contribution in [0.15, 0.2) is 18.2 Å². The number of hydrogen-bond acceptors (Lipinski definition) is 3. The van der Waals surface area contributed by atoms with Gasteiger partial charge in [-0.05, 0) is 43.5 Å². The predicted molar refractivity (Wildman–Crippen MR) is 94.4 cm³/mol. The zero-order chi connectivity index (χ0) is 17.6. The number of fused-ring (bicyclic) bond motifs is 2. The lowest BCUT2D eigenvalue weighted by molar-refractivity contribution is -0.129. The summed E-state index contributed by atoms with van der Waals surface area (Å²) in [4.78, 5) is 15.9. The van der Waals surface area contributed by atoms with E-state index in [-0.39, 0.29) is 11.7 Å². The minimum Gasteiger partial charge on any atom is -0.338 e. The quantitative estimate of drug-likeness (QED) is 0.842. The first-order valence-electron chi connectivity index (χ1n) is 8.98. The topological polar surface area (TPSA) is 41.4 Å². The van der Waals surface area contributed by atoms with Crippen molar-refractivity contribution in [2.45, 2.75) is 46.2 Å². The Morgan fingerprint density at radius 2 is 2.12 bits per heavy atom. The number of aromatic nitrogens is 2. The van der Waals surface area contributed by atoms with Crippen molar-refractivity contribution in [2.75, 3.05) is 18.0 Å². The molecule has 0 radical (unpaired) electrons. The molecule has 0 N–H and O–H groups in total. The van der Waals surface area contributed by atoms with E-state index in [0.29, 0.717) is 6.54 Å². The van der Waals surface area contributed by atoms with E-state index in [0.717, 1.165) is 61.5 Å². The van der Waals surface area contributed by atoms with Crippen LogP contribution in [0.1, 0.15) is 37.1 Å². The first kappa shape index (κ1) is 16.1. The van der Waals surface area contributed by atoms with Gasteiger partial charge >= 0.3 is 0 Å². The highest BCUT2D eigenvalue weighted by Crippen LogP contribution is 2.37. The summed E-state index contributed by atoms with van der Waals surface area (Å²) in [5.74, 6) is 0.835. The van der Waals surface area contributed by atoms with E-state index in [1.165, 1.54) is 11.8 Å². The first-order chi connectivity index (χ1) is 12.1. The van der Waals surface area contributed by atoms with Crippen molar-refractivity contribution in [3.8, 4) is 0 Å². The third-order valence-corrected chi connectivity index (χ3v) is 5.27. The minimum absolute atomic E-state index is 0.0990. The molecule has 1 aromatic carbocycles. The van der Waals surface area contributed by atoms with Crippen molar-refractivity contribution in [2.24, 2.45) is 0 Å². The van der Waals surface area contributed by atoms with E-state index in [9.17, 15) is 9.18 Å². The molecule has 2 aliphatic heterocycles. The number of anilines is 2. The molecule has 2 aromatic rings. The number of carbonyl (C=O) groups excluding carboxylic acids is 1. The molecule has 0 unspecified atom stereocenters. The molecule has 0 aliphatic carbocycles. The Kier molecular flexibility index (Phi) is 3.98. The highest BCUT2D eigenvalue weighted by Gasteiger charge is 2.30. The number of halogens is 1. The Morgan fingerprint density at radius 3 is 2.88 bits per heavy atom. The average molecular weight is 342 g/mol. The van der Waals surface area contributed by atoms with Gasteiger partial charge < -0.3 is 9.80 Å². The molecule has 25 heavy (non-hydrogen) atoms. The largest absolute Gasteiger partial charge is 0.338 e. The fourth-order valence-corrected chi connectivity index (χ4v) is 4.01. The fourth-order valence-electron chi connectivity index (χ4n) is 4.01. The summed E-state index contributed by atoms with van der Waals surface area (Å²) in [7, 11) is 0. The van der Waals surface area contributed by atoms with Crippen molar-refractivity contribution in [3.05, 3.63) is 40.8 Å². The van der Waals surface area contributed by atoms with Crippen LogP contribution in [0.5, 0.6) is 0 Å². The maximum atomic E-state index is 13.6. The number of benzene rings is 1. The van der Waals surface area contributed by atoms with E-state index in [1.807, 2.05) is 11.0 Å². The Bertz CT molecular complexity index is 829. The average Bonchev–Trinajstić information content (AvgIpc) is 2.98. The number of hydrogen-bond donors (Lipinski definition) is 0. The van der Waals surface area contributed by atoms with Crippen LogP contribution >= 0.6 is 0 Å². The number of aryl methyl sites for hydroxylation is 2. The van der Waals surface area contributed by atoms with Gasteiger partial charge in [-0.1, -0.05) is 0 Å². The van der Waals surface area contributed by atoms with Crippen molar-refractivity contribution >= 4 is 17.4 Å². The number of amides is 1. The van der Waals surface area contributed by atoms with Gasteiger partial charge in [0, 0.05) is 49.9 Å². The van der Waals surface area contributed by atoms with E-state index in [4.69, 9.17) is 5.10 Å². The monoisotopic (exact) mass is 342 g/mol. The zero-order valence-electron chi connectivity index (χ0n) is 14.8. The third kappa shape index (κ3) is 2.69. The molecule has 0 saturated heterocycles. The van der Waals surface area contributed by atoms with Gasteiger partial charge in [0.2, 0.25) is 5.91 Å². The lowest BCUT2D eigenvalue weighted by Gasteiger charge is -2.32. The summed E-state index contributed by atoms with van der Waals surface area (Å²) in [5.41, 5.74) is 4.44. The first-order valence-corrected chi connectivity index (χ1v) is 8.98. The van der Waals surface area contributed by atoms with E-state index >= 15 is 0 Å². The van der Waals surface area contributed by atoms with E-state index in [1.54, 1.807) is 13.0 Å².